The van der Waals surface area contributed by atoms with E-state index in [0.29, 0.717) is 44.5 Å². The number of aromatic nitrogens is 2. The van der Waals surface area contributed by atoms with E-state index in [2.05, 4.69) is 15.5 Å². The minimum Gasteiger partial charge on any atom is -0.377 e. The smallest absolute Gasteiger partial charge is 0.251 e. The summed E-state index contributed by atoms with van der Waals surface area (Å²) in [6, 6.07) is 0. The summed E-state index contributed by atoms with van der Waals surface area (Å²) in [6.45, 7) is 3.95. The van der Waals surface area contributed by atoms with Crippen molar-refractivity contribution in [3.8, 4) is 0 Å². The highest BCUT2D eigenvalue weighted by molar-refractivity contribution is 7.15. The highest BCUT2D eigenvalue weighted by atomic mass is 32.1. The van der Waals surface area contributed by atoms with Crippen LogP contribution in [-0.2, 0) is 25.7 Å². The molecular formula is C15H23N5O4S. The molecule has 2 aliphatic rings. The maximum atomic E-state index is 12.3. The van der Waals surface area contributed by atoms with Gasteiger partial charge in [-0.2, -0.15) is 0 Å². The molecule has 10 heteroatoms. The zero-order chi connectivity index (χ0) is 17.6. The molecule has 2 aliphatic heterocycles. The first-order valence-electron chi connectivity index (χ1n) is 8.39. The molecule has 2 amide bonds. The summed E-state index contributed by atoms with van der Waals surface area (Å²) in [4.78, 5) is 28.3. The molecule has 2 saturated heterocycles. The van der Waals surface area contributed by atoms with Gasteiger partial charge in [-0.3, -0.25) is 19.8 Å². The first kappa shape index (κ1) is 18.2. The minimum absolute atomic E-state index is 0.0844. The van der Waals surface area contributed by atoms with Crippen LogP contribution in [-0.4, -0.2) is 84.4 Å². The van der Waals surface area contributed by atoms with Crippen LogP contribution in [0.15, 0.2) is 0 Å². The van der Waals surface area contributed by atoms with Crippen molar-refractivity contribution in [2.45, 2.75) is 25.6 Å². The Bertz CT molecular complexity index is 596. The van der Waals surface area contributed by atoms with E-state index in [0.717, 1.165) is 17.8 Å². The van der Waals surface area contributed by atoms with Gasteiger partial charge in [0, 0.05) is 39.9 Å². The Kier molecular flexibility index (Phi) is 6.29. The summed E-state index contributed by atoms with van der Waals surface area (Å²) in [7, 11) is 1.59. The first-order valence-corrected chi connectivity index (χ1v) is 9.21. The molecule has 0 spiro atoms. The van der Waals surface area contributed by atoms with Gasteiger partial charge in [0.25, 0.3) is 5.91 Å². The van der Waals surface area contributed by atoms with Crippen molar-refractivity contribution in [1.29, 1.82) is 0 Å². The van der Waals surface area contributed by atoms with Crippen molar-refractivity contribution >= 4 is 28.3 Å². The highest BCUT2D eigenvalue weighted by Crippen LogP contribution is 2.17. The summed E-state index contributed by atoms with van der Waals surface area (Å²) >= 11 is 1.30. The number of methoxy groups -OCH3 is 1. The van der Waals surface area contributed by atoms with E-state index < -0.39 is 0 Å². The molecule has 3 heterocycles. The largest absolute Gasteiger partial charge is 0.377 e. The van der Waals surface area contributed by atoms with Crippen LogP contribution in [0.5, 0.6) is 0 Å². The van der Waals surface area contributed by atoms with Crippen LogP contribution in [0.3, 0.4) is 0 Å². The Hall–Kier alpha value is -1.62. The van der Waals surface area contributed by atoms with Crippen molar-refractivity contribution in [3.05, 3.63) is 5.01 Å². The number of hydrogen-bond donors (Lipinski definition) is 1. The predicted molar refractivity (Wildman–Crippen MR) is 91.2 cm³/mol. The zero-order valence-electron chi connectivity index (χ0n) is 14.3. The monoisotopic (exact) mass is 369 g/mol. The topological polar surface area (TPSA) is 96.9 Å². The lowest BCUT2D eigenvalue weighted by Gasteiger charge is -2.35. The fraction of sp³-hybridized carbons (Fsp3) is 0.733. The number of nitrogens with zero attached hydrogens (tertiary/aromatic N) is 4. The van der Waals surface area contributed by atoms with Crippen molar-refractivity contribution in [1.82, 2.24) is 20.0 Å². The van der Waals surface area contributed by atoms with Gasteiger partial charge in [-0.25, -0.2) is 0 Å². The fourth-order valence-corrected chi connectivity index (χ4v) is 3.68. The first-order chi connectivity index (χ1) is 12.2. The third-order valence-corrected chi connectivity index (χ3v) is 5.05. The Balaban J connectivity index is 1.40. The number of nitrogens with one attached hydrogen (secondary N) is 1. The number of rotatable bonds is 6. The van der Waals surface area contributed by atoms with Crippen LogP contribution in [0.2, 0.25) is 0 Å². The second-order valence-electron chi connectivity index (χ2n) is 6.09. The molecule has 0 aliphatic carbocycles. The molecule has 1 atom stereocenters. The van der Waals surface area contributed by atoms with Gasteiger partial charge >= 0.3 is 0 Å². The lowest BCUT2D eigenvalue weighted by Crippen LogP contribution is -2.52. The quantitative estimate of drug-likeness (QED) is 0.751. The maximum Gasteiger partial charge on any atom is 0.251 e. The lowest BCUT2D eigenvalue weighted by atomic mass is 10.2. The number of hydrogen-bond acceptors (Lipinski definition) is 8. The number of carbonyl (C=O) groups excluding carboxylic acids is 2. The van der Waals surface area contributed by atoms with Gasteiger partial charge in [0.2, 0.25) is 11.0 Å². The maximum absolute atomic E-state index is 12.3. The number of carbonyl (C=O) groups is 2. The third-order valence-electron chi connectivity index (χ3n) is 4.24. The SMILES string of the molecule is COCc1nnc(NC(=O)CN2CCN(C(=O)C3CCCO3)CC2)s1. The lowest BCUT2D eigenvalue weighted by molar-refractivity contribution is -0.142. The van der Waals surface area contributed by atoms with Crippen LogP contribution < -0.4 is 5.32 Å². The molecule has 2 fully saturated rings. The number of piperazine rings is 1. The van der Waals surface area contributed by atoms with E-state index in [1.165, 1.54) is 11.3 Å². The van der Waals surface area contributed by atoms with Crippen molar-refractivity contribution in [2.75, 3.05) is 51.8 Å². The van der Waals surface area contributed by atoms with Gasteiger partial charge in [-0.15, -0.1) is 10.2 Å². The van der Waals surface area contributed by atoms with E-state index in [1.807, 2.05) is 9.80 Å². The normalized spacial score (nSPS) is 21.5. The summed E-state index contributed by atoms with van der Waals surface area (Å²) in [5, 5.41) is 11.8. The van der Waals surface area contributed by atoms with Crippen molar-refractivity contribution in [2.24, 2.45) is 0 Å². The predicted octanol–water partition coefficient (Wildman–Crippen LogP) is -0.0538. The zero-order valence-corrected chi connectivity index (χ0v) is 15.1. The molecule has 138 valence electrons. The number of amides is 2. The van der Waals surface area contributed by atoms with Crippen LogP contribution in [0.1, 0.15) is 17.8 Å². The molecule has 0 saturated carbocycles. The molecule has 0 radical (unpaired) electrons. The second-order valence-corrected chi connectivity index (χ2v) is 7.15. The molecule has 1 aromatic rings. The van der Waals surface area contributed by atoms with Gasteiger partial charge in [0.1, 0.15) is 17.7 Å². The fourth-order valence-electron chi connectivity index (χ4n) is 2.95. The standard InChI is InChI=1S/C15H23N5O4S/c1-23-10-13-17-18-15(25-13)16-12(21)9-19-4-6-20(7-5-19)14(22)11-3-2-8-24-11/h11H,2-10H2,1H3,(H,16,18,21). The van der Waals surface area contributed by atoms with E-state index >= 15 is 0 Å². The van der Waals surface area contributed by atoms with Gasteiger partial charge in [0.05, 0.1) is 6.54 Å². The van der Waals surface area contributed by atoms with Crippen LogP contribution in [0.4, 0.5) is 5.13 Å². The summed E-state index contributed by atoms with van der Waals surface area (Å²) in [5.41, 5.74) is 0. The third kappa shape index (κ3) is 4.94. The molecule has 1 unspecified atom stereocenters. The Labute approximate surface area is 150 Å². The van der Waals surface area contributed by atoms with Gasteiger partial charge < -0.3 is 14.4 Å². The molecule has 9 nitrogen and oxygen atoms in total. The molecule has 3 rings (SSSR count). The number of ether oxygens (including phenoxy) is 2. The molecule has 1 aromatic heterocycles. The Morgan fingerprint density at radius 1 is 1.32 bits per heavy atom. The van der Waals surface area contributed by atoms with Crippen molar-refractivity contribution < 1.29 is 19.1 Å². The molecule has 25 heavy (non-hydrogen) atoms. The van der Waals surface area contributed by atoms with Gasteiger partial charge in [-0.1, -0.05) is 11.3 Å². The number of anilines is 1. The molecule has 0 aromatic carbocycles. The molecule has 1 N–H and O–H groups in total. The summed E-state index contributed by atoms with van der Waals surface area (Å²) < 4.78 is 10.4. The summed E-state index contributed by atoms with van der Waals surface area (Å²) in [5.74, 6) is -0.0415. The second kappa shape index (κ2) is 8.65. The highest BCUT2D eigenvalue weighted by Gasteiger charge is 2.30. The average molecular weight is 369 g/mol. The van der Waals surface area contributed by atoms with Gasteiger partial charge in [-0.05, 0) is 12.8 Å². The Morgan fingerprint density at radius 2 is 2.12 bits per heavy atom. The van der Waals surface area contributed by atoms with Crippen LogP contribution >= 0.6 is 11.3 Å². The molecular weight excluding hydrogens is 346 g/mol. The van der Waals surface area contributed by atoms with Crippen molar-refractivity contribution in [3.63, 3.8) is 0 Å². The average Bonchev–Trinajstić information content (AvgIpc) is 3.27. The molecule has 0 bridgehead atoms. The Morgan fingerprint density at radius 3 is 2.80 bits per heavy atom. The minimum atomic E-state index is -0.270. The van der Waals surface area contributed by atoms with Crippen LogP contribution in [0, 0.1) is 0 Å². The van der Waals surface area contributed by atoms with E-state index in [9.17, 15) is 9.59 Å². The summed E-state index contributed by atoms with van der Waals surface area (Å²) in [6.07, 6.45) is 1.50. The van der Waals surface area contributed by atoms with E-state index in [-0.39, 0.29) is 24.5 Å². The van der Waals surface area contributed by atoms with Gasteiger partial charge in [0.15, 0.2) is 0 Å². The van der Waals surface area contributed by atoms with Crippen LogP contribution in [0.25, 0.3) is 0 Å². The van der Waals surface area contributed by atoms with E-state index in [1.54, 1.807) is 7.11 Å². The van der Waals surface area contributed by atoms with E-state index in [4.69, 9.17) is 9.47 Å².